The minimum absolute atomic E-state index is 0.0697. The number of anilines is 1. The van der Waals surface area contributed by atoms with E-state index >= 15 is 0 Å². The summed E-state index contributed by atoms with van der Waals surface area (Å²) in [5, 5.41) is 6.55. The minimum atomic E-state index is -0.489. The normalized spacial score (nSPS) is 18.9. The highest BCUT2D eigenvalue weighted by molar-refractivity contribution is 7.99. The summed E-state index contributed by atoms with van der Waals surface area (Å²) in [6.07, 6.45) is 2.18. The van der Waals surface area contributed by atoms with Crippen LogP contribution in [-0.2, 0) is 9.59 Å². The Morgan fingerprint density at radius 2 is 2.24 bits per heavy atom. The molecule has 0 aliphatic carbocycles. The molecule has 1 saturated heterocycles. The Labute approximate surface area is 126 Å². The van der Waals surface area contributed by atoms with Crippen LogP contribution in [0.1, 0.15) is 6.42 Å². The lowest BCUT2D eigenvalue weighted by atomic mass is 10.1. The fourth-order valence-corrected chi connectivity index (χ4v) is 3.21. The number of carbonyl (C=O) groups excluding carboxylic acids is 2. The Hall–Kier alpha value is -2.08. The third kappa shape index (κ3) is 3.16. The van der Waals surface area contributed by atoms with Crippen molar-refractivity contribution >= 4 is 40.2 Å². The Kier molecular flexibility index (Phi) is 4.06. The lowest BCUT2D eigenvalue weighted by Crippen LogP contribution is -2.44. The maximum Gasteiger partial charge on any atom is 0.247 e. The quantitative estimate of drug-likeness (QED) is 0.887. The summed E-state index contributed by atoms with van der Waals surface area (Å²) in [6.45, 7) is 0. The van der Waals surface area contributed by atoms with Gasteiger partial charge in [-0.05, 0) is 24.3 Å². The smallest absolute Gasteiger partial charge is 0.247 e. The number of aromatic nitrogens is 1. The molecular weight excluding hydrogens is 286 g/mol. The molecule has 6 heteroatoms. The van der Waals surface area contributed by atoms with Crippen molar-refractivity contribution in [2.75, 3.05) is 16.8 Å². The van der Waals surface area contributed by atoms with E-state index in [9.17, 15) is 9.59 Å². The molecule has 2 amide bonds. The number of nitrogens with zero attached hydrogens (tertiary/aromatic N) is 1. The zero-order valence-corrected chi connectivity index (χ0v) is 12.2. The minimum Gasteiger partial charge on any atom is -0.343 e. The molecule has 0 unspecified atom stereocenters. The van der Waals surface area contributed by atoms with E-state index in [4.69, 9.17) is 0 Å². The van der Waals surface area contributed by atoms with E-state index < -0.39 is 6.04 Å². The summed E-state index contributed by atoms with van der Waals surface area (Å²) in [5.74, 6) is 1.10. The van der Waals surface area contributed by atoms with Gasteiger partial charge in [0, 0.05) is 29.5 Å². The van der Waals surface area contributed by atoms with Gasteiger partial charge in [0.1, 0.15) is 6.04 Å². The van der Waals surface area contributed by atoms with E-state index in [2.05, 4.69) is 15.6 Å². The van der Waals surface area contributed by atoms with Crippen LogP contribution in [0.15, 0.2) is 36.5 Å². The number of fused-ring (bicyclic) bond motifs is 1. The van der Waals surface area contributed by atoms with Gasteiger partial charge in [0.25, 0.3) is 0 Å². The summed E-state index contributed by atoms with van der Waals surface area (Å²) >= 11 is 1.61. The van der Waals surface area contributed by atoms with Crippen molar-refractivity contribution in [2.24, 2.45) is 0 Å². The van der Waals surface area contributed by atoms with Crippen LogP contribution in [-0.4, -0.2) is 34.3 Å². The summed E-state index contributed by atoms with van der Waals surface area (Å²) in [6, 6.07) is 8.85. The average molecular weight is 301 g/mol. The maximum atomic E-state index is 12.3. The second kappa shape index (κ2) is 6.13. The second-order valence-corrected chi connectivity index (χ2v) is 5.96. The van der Waals surface area contributed by atoms with Crippen LogP contribution in [0.2, 0.25) is 0 Å². The van der Waals surface area contributed by atoms with Crippen LogP contribution in [0.4, 0.5) is 5.69 Å². The molecule has 0 radical (unpaired) electrons. The molecule has 21 heavy (non-hydrogen) atoms. The number of thioether (sulfide) groups is 1. The van der Waals surface area contributed by atoms with Gasteiger partial charge in [-0.1, -0.05) is 6.07 Å². The van der Waals surface area contributed by atoms with Gasteiger partial charge >= 0.3 is 0 Å². The molecule has 1 aliphatic heterocycles. The van der Waals surface area contributed by atoms with Crippen LogP contribution in [0, 0.1) is 0 Å². The predicted octanol–water partition coefficient (Wildman–Crippen LogP) is 1.79. The number of benzene rings is 1. The first-order valence-corrected chi connectivity index (χ1v) is 7.91. The molecule has 0 spiro atoms. The van der Waals surface area contributed by atoms with Gasteiger partial charge in [0.2, 0.25) is 11.8 Å². The predicted molar refractivity (Wildman–Crippen MR) is 84.2 cm³/mol. The molecule has 1 atom stereocenters. The van der Waals surface area contributed by atoms with Gasteiger partial charge in [-0.25, -0.2) is 0 Å². The van der Waals surface area contributed by atoms with Crippen LogP contribution in [0.5, 0.6) is 0 Å². The first-order valence-electron chi connectivity index (χ1n) is 6.76. The van der Waals surface area contributed by atoms with Crippen LogP contribution in [0.25, 0.3) is 10.9 Å². The van der Waals surface area contributed by atoms with Crippen molar-refractivity contribution in [3.8, 4) is 0 Å². The zero-order chi connectivity index (χ0) is 14.7. The molecular formula is C15H15N3O2S. The van der Waals surface area contributed by atoms with Gasteiger partial charge in [0.05, 0.1) is 11.2 Å². The summed E-state index contributed by atoms with van der Waals surface area (Å²) in [5.41, 5.74) is 1.55. The van der Waals surface area contributed by atoms with Crippen LogP contribution >= 0.6 is 11.8 Å². The van der Waals surface area contributed by atoms with Gasteiger partial charge in [-0.15, -0.1) is 0 Å². The van der Waals surface area contributed by atoms with E-state index in [0.29, 0.717) is 17.9 Å². The molecule has 2 aromatic rings. The fourth-order valence-electron chi connectivity index (χ4n) is 2.25. The number of amides is 2. The van der Waals surface area contributed by atoms with Crippen molar-refractivity contribution in [3.63, 3.8) is 0 Å². The molecule has 0 saturated carbocycles. The van der Waals surface area contributed by atoms with Gasteiger partial charge in [0.15, 0.2) is 0 Å². The molecule has 3 rings (SSSR count). The van der Waals surface area contributed by atoms with Crippen molar-refractivity contribution in [1.29, 1.82) is 0 Å². The third-order valence-electron chi connectivity index (χ3n) is 3.31. The summed E-state index contributed by atoms with van der Waals surface area (Å²) < 4.78 is 0. The van der Waals surface area contributed by atoms with Crippen molar-refractivity contribution < 1.29 is 9.59 Å². The lowest BCUT2D eigenvalue weighted by molar-refractivity contribution is -0.125. The van der Waals surface area contributed by atoms with Gasteiger partial charge in [-0.3, -0.25) is 14.6 Å². The number of pyridine rings is 1. The topological polar surface area (TPSA) is 71.1 Å². The largest absolute Gasteiger partial charge is 0.343 e. The van der Waals surface area contributed by atoms with Gasteiger partial charge in [-0.2, -0.15) is 11.8 Å². The number of nitrogens with one attached hydrogen (secondary N) is 2. The Morgan fingerprint density at radius 3 is 3.14 bits per heavy atom. The van der Waals surface area contributed by atoms with Crippen LogP contribution < -0.4 is 10.6 Å². The number of hydrogen-bond donors (Lipinski definition) is 2. The van der Waals surface area contributed by atoms with E-state index in [-0.39, 0.29) is 11.8 Å². The van der Waals surface area contributed by atoms with Crippen LogP contribution in [0.3, 0.4) is 0 Å². The highest BCUT2D eigenvalue weighted by Gasteiger charge is 2.23. The van der Waals surface area contributed by atoms with E-state index in [0.717, 1.165) is 16.7 Å². The summed E-state index contributed by atoms with van der Waals surface area (Å²) in [4.78, 5) is 28.2. The molecule has 2 N–H and O–H groups in total. The van der Waals surface area contributed by atoms with E-state index in [1.807, 2.05) is 30.3 Å². The fraction of sp³-hybridized carbons (Fsp3) is 0.267. The molecule has 5 nitrogen and oxygen atoms in total. The highest BCUT2D eigenvalue weighted by Crippen LogP contribution is 2.22. The number of carbonyl (C=O) groups is 2. The maximum absolute atomic E-state index is 12.3. The van der Waals surface area contributed by atoms with Crippen molar-refractivity contribution in [3.05, 3.63) is 36.5 Å². The Morgan fingerprint density at radius 1 is 1.33 bits per heavy atom. The number of rotatable bonds is 2. The number of hydrogen-bond acceptors (Lipinski definition) is 4. The van der Waals surface area contributed by atoms with Gasteiger partial charge < -0.3 is 10.6 Å². The zero-order valence-electron chi connectivity index (χ0n) is 11.3. The SMILES string of the molecule is O=C1CCSC[C@H](C(=O)Nc2cccc3ncccc23)N1. The molecule has 1 fully saturated rings. The third-order valence-corrected chi connectivity index (χ3v) is 4.38. The highest BCUT2D eigenvalue weighted by atomic mass is 32.2. The Bertz CT molecular complexity index is 684. The first kappa shape index (κ1) is 13.9. The molecule has 1 aliphatic rings. The average Bonchev–Trinajstić information content (AvgIpc) is 2.72. The standard InChI is InChI=1S/C15H15N3O2S/c19-14-6-8-21-9-13(17-14)15(20)18-12-5-1-4-11-10(12)3-2-7-16-11/h1-5,7,13H,6,8-9H2,(H,17,19)(H,18,20)/t13-/m1/s1. The molecule has 1 aromatic heterocycles. The van der Waals surface area contributed by atoms with E-state index in [1.165, 1.54) is 0 Å². The summed E-state index contributed by atoms with van der Waals surface area (Å²) in [7, 11) is 0. The van der Waals surface area contributed by atoms with E-state index in [1.54, 1.807) is 18.0 Å². The molecule has 2 heterocycles. The van der Waals surface area contributed by atoms with Crippen molar-refractivity contribution in [1.82, 2.24) is 10.3 Å². The molecule has 0 bridgehead atoms. The monoisotopic (exact) mass is 301 g/mol. The lowest BCUT2D eigenvalue weighted by Gasteiger charge is -2.16. The molecule has 108 valence electrons. The molecule has 1 aromatic carbocycles. The first-order chi connectivity index (χ1) is 10.2. The van der Waals surface area contributed by atoms with Crippen molar-refractivity contribution in [2.45, 2.75) is 12.5 Å². The second-order valence-electron chi connectivity index (χ2n) is 4.81. The Balaban J connectivity index is 1.81.